The van der Waals surface area contributed by atoms with Crippen LogP contribution in [0.4, 0.5) is 10.3 Å². The standard InChI is InChI=1S/C21H25FN4O2/c1-14-20-18(12-16(13-19(20)28)15-2-4-17(22)5-3-15)24-21(23-14)26-8-6-25(7-9-26)10-11-27/h2-5,16,27H,6-13H2,1H3. The molecule has 0 saturated carbocycles. The lowest BCUT2D eigenvalue weighted by atomic mass is 9.81. The Kier molecular flexibility index (Phi) is 5.37. The Balaban J connectivity index is 1.57. The maximum atomic E-state index is 13.2. The molecule has 2 aliphatic rings. The molecule has 1 fully saturated rings. The summed E-state index contributed by atoms with van der Waals surface area (Å²) in [5.41, 5.74) is 3.16. The highest BCUT2D eigenvalue weighted by Crippen LogP contribution is 2.33. The van der Waals surface area contributed by atoms with E-state index in [1.807, 2.05) is 6.92 Å². The number of aliphatic hydroxyl groups is 1. The number of fused-ring (bicyclic) bond motifs is 1. The lowest BCUT2D eigenvalue weighted by molar-refractivity contribution is 0.0962. The van der Waals surface area contributed by atoms with Crippen molar-refractivity contribution in [3.8, 4) is 0 Å². The van der Waals surface area contributed by atoms with E-state index in [1.54, 1.807) is 12.1 Å². The number of anilines is 1. The molecule has 148 valence electrons. The van der Waals surface area contributed by atoms with E-state index in [0.29, 0.717) is 30.9 Å². The van der Waals surface area contributed by atoms with Crippen LogP contribution in [0.2, 0.25) is 0 Å². The van der Waals surface area contributed by atoms with Gasteiger partial charge < -0.3 is 10.0 Å². The van der Waals surface area contributed by atoms with E-state index in [2.05, 4.69) is 14.8 Å². The van der Waals surface area contributed by atoms with Crippen molar-refractivity contribution in [1.29, 1.82) is 0 Å². The summed E-state index contributed by atoms with van der Waals surface area (Å²) in [7, 11) is 0. The zero-order chi connectivity index (χ0) is 19.7. The summed E-state index contributed by atoms with van der Waals surface area (Å²) in [6.45, 7) is 6.05. The second-order valence-corrected chi connectivity index (χ2v) is 7.56. The Morgan fingerprint density at radius 3 is 2.50 bits per heavy atom. The number of hydrogen-bond acceptors (Lipinski definition) is 6. The van der Waals surface area contributed by atoms with Crippen molar-refractivity contribution in [1.82, 2.24) is 14.9 Å². The number of carbonyl (C=O) groups is 1. The maximum Gasteiger partial charge on any atom is 0.225 e. The van der Waals surface area contributed by atoms with Crippen molar-refractivity contribution in [2.45, 2.75) is 25.7 Å². The molecule has 1 N–H and O–H groups in total. The van der Waals surface area contributed by atoms with Crippen LogP contribution < -0.4 is 4.90 Å². The van der Waals surface area contributed by atoms with E-state index in [0.717, 1.165) is 43.1 Å². The number of hydrogen-bond donors (Lipinski definition) is 1. The van der Waals surface area contributed by atoms with Crippen LogP contribution in [0.15, 0.2) is 24.3 Å². The Labute approximate surface area is 164 Å². The number of halogens is 1. The van der Waals surface area contributed by atoms with Gasteiger partial charge in [-0.1, -0.05) is 12.1 Å². The van der Waals surface area contributed by atoms with Gasteiger partial charge in [-0.3, -0.25) is 9.69 Å². The van der Waals surface area contributed by atoms with E-state index < -0.39 is 0 Å². The number of carbonyl (C=O) groups excluding carboxylic acids is 1. The molecule has 6 nitrogen and oxygen atoms in total. The number of nitrogens with zero attached hydrogens (tertiary/aromatic N) is 4. The van der Waals surface area contributed by atoms with Crippen molar-refractivity contribution in [2.24, 2.45) is 0 Å². The van der Waals surface area contributed by atoms with Crippen LogP contribution in [0, 0.1) is 12.7 Å². The van der Waals surface area contributed by atoms with E-state index in [-0.39, 0.29) is 24.1 Å². The van der Waals surface area contributed by atoms with Gasteiger partial charge in [-0.05, 0) is 37.0 Å². The van der Waals surface area contributed by atoms with Crippen LogP contribution in [-0.4, -0.2) is 65.1 Å². The fourth-order valence-corrected chi connectivity index (χ4v) is 4.18. The van der Waals surface area contributed by atoms with E-state index in [9.17, 15) is 9.18 Å². The van der Waals surface area contributed by atoms with Gasteiger partial charge in [0.05, 0.1) is 23.6 Å². The molecule has 2 aromatic rings. The van der Waals surface area contributed by atoms with Gasteiger partial charge in [0.2, 0.25) is 5.95 Å². The zero-order valence-electron chi connectivity index (χ0n) is 16.1. The number of β-amino-alcohol motifs (C(OH)–C–C–N with tert-alkyl or cyclic N) is 1. The fourth-order valence-electron chi connectivity index (χ4n) is 4.18. The molecule has 28 heavy (non-hydrogen) atoms. The predicted molar refractivity (Wildman–Crippen MR) is 104 cm³/mol. The number of benzene rings is 1. The van der Waals surface area contributed by atoms with Gasteiger partial charge in [-0.25, -0.2) is 14.4 Å². The summed E-state index contributed by atoms with van der Waals surface area (Å²) >= 11 is 0. The van der Waals surface area contributed by atoms with Crippen molar-refractivity contribution < 1.29 is 14.3 Å². The van der Waals surface area contributed by atoms with Gasteiger partial charge in [0, 0.05) is 39.1 Å². The fraction of sp³-hybridized carbons (Fsp3) is 0.476. The minimum Gasteiger partial charge on any atom is -0.395 e. The van der Waals surface area contributed by atoms with Crippen molar-refractivity contribution in [2.75, 3.05) is 44.2 Å². The number of aliphatic hydroxyl groups excluding tert-OH is 1. The molecule has 2 heterocycles. The molecule has 1 unspecified atom stereocenters. The number of aryl methyl sites for hydroxylation is 1. The van der Waals surface area contributed by atoms with Crippen LogP contribution in [0.5, 0.6) is 0 Å². The van der Waals surface area contributed by atoms with Gasteiger partial charge in [0.1, 0.15) is 5.82 Å². The van der Waals surface area contributed by atoms with Gasteiger partial charge in [-0.2, -0.15) is 0 Å². The molecule has 1 saturated heterocycles. The Morgan fingerprint density at radius 1 is 1.11 bits per heavy atom. The third-order valence-corrected chi connectivity index (χ3v) is 5.72. The number of Topliss-reactive ketones (excluding diaryl/α,β-unsaturated/α-hetero) is 1. The van der Waals surface area contributed by atoms with Crippen LogP contribution in [-0.2, 0) is 6.42 Å². The van der Waals surface area contributed by atoms with Gasteiger partial charge in [-0.15, -0.1) is 0 Å². The molecule has 1 atom stereocenters. The molecule has 0 bridgehead atoms. The number of rotatable bonds is 4. The lowest BCUT2D eigenvalue weighted by Gasteiger charge is -2.35. The first-order valence-corrected chi connectivity index (χ1v) is 9.79. The molecule has 1 aliphatic heterocycles. The minimum absolute atomic E-state index is 0.0177. The first-order chi connectivity index (χ1) is 13.5. The average Bonchev–Trinajstić information content (AvgIpc) is 2.68. The quantitative estimate of drug-likeness (QED) is 0.869. The van der Waals surface area contributed by atoms with Crippen LogP contribution in [0.25, 0.3) is 0 Å². The number of piperazine rings is 1. The summed E-state index contributed by atoms with van der Waals surface area (Å²) in [6, 6.07) is 6.40. The summed E-state index contributed by atoms with van der Waals surface area (Å²) in [6.07, 6.45) is 1.07. The summed E-state index contributed by atoms with van der Waals surface area (Å²) in [5.74, 6) is 0.482. The Morgan fingerprint density at radius 2 is 1.82 bits per heavy atom. The largest absolute Gasteiger partial charge is 0.395 e. The third-order valence-electron chi connectivity index (χ3n) is 5.72. The topological polar surface area (TPSA) is 69.6 Å². The second-order valence-electron chi connectivity index (χ2n) is 7.56. The normalized spacial score (nSPS) is 20.3. The summed E-state index contributed by atoms with van der Waals surface area (Å²) in [4.78, 5) is 26.5. The summed E-state index contributed by atoms with van der Waals surface area (Å²) < 4.78 is 13.2. The van der Waals surface area contributed by atoms with E-state index in [1.165, 1.54) is 12.1 Å². The molecule has 0 spiro atoms. The van der Waals surface area contributed by atoms with Gasteiger partial charge in [0.25, 0.3) is 0 Å². The molecular weight excluding hydrogens is 359 g/mol. The van der Waals surface area contributed by atoms with Crippen molar-refractivity contribution >= 4 is 11.7 Å². The monoisotopic (exact) mass is 384 g/mol. The first-order valence-electron chi connectivity index (χ1n) is 9.79. The van der Waals surface area contributed by atoms with Crippen LogP contribution in [0.3, 0.4) is 0 Å². The van der Waals surface area contributed by atoms with Crippen molar-refractivity contribution in [3.05, 3.63) is 52.6 Å². The second kappa shape index (κ2) is 7.93. The van der Waals surface area contributed by atoms with E-state index in [4.69, 9.17) is 10.1 Å². The van der Waals surface area contributed by atoms with E-state index >= 15 is 0 Å². The highest BCUT2D eigenvalue weighted by molar-refractivity contribution is 5.99. The molecule has 4 rings (SSSR count). The Bertz CT molecular complexity index is 863. The molecular formula is C21H25FN4O2. The smallest absolute Gasteiger partial charge is 0.225 e. The molecule has 1 aromatic carbocycles. The third kappa shape index (κ3) is 3.77. The maximum absolute atomic E-state index is 13.2. The lowest BCUT2D eigenvalue weighted by Crippen LogP contribution is -2.48. The van der Waals surface area contributed by atoms with Gasteiger partial charge in [0.15, 0.2) is 5.78 Å². The molecule has 1 aliphatic carbocycles. The Hall–Kier alpha value is -2.38. The minimum atomic E-state index is -0.271. The highest BCUT2D eigenvalue weighted by Gasteiger charge is 2.31. The first kappa shape index (κ1) is 19.0. The number of aromatic nitrogens is 2. The predicted octanol–water partition coefficient (Wildman–Crippen LogP) is 1.95. The molecule has 0 amide bonds. The van der Waals surface area contributed by atoms with Gasteiger partial charge >= 0.3 is 0 Å². The molecule has 1 aromatic heterocycles. The molecule has 7 heteroatoms. The van der Waals surface area contributed by atoms with Crippen molar-refractivity contribution in [3.63, 3.8) is 0 Å². The SMILES string of the molecule is Cc1nc(N2CCN(CCO)CC2)nc2c1C(=O)CC(c1ccc(F)cc1)C2. The summed E-state index contributed by atoms with van der Waals surface area (Å²) in [5, 5.41) is 9.10. The average molecular weight is 384 g/mol. The zero-order valence-corrected chi connectivity index (χ0v) is 16.1. The van der Waals surface area contributed by atoms with Crippen LogP contribution >= 0.6 is 0 Å². The number of ketones is 1. The molecule has 0 radical (unpaired) electrons. The highest BCUT2D eigenvalue weighted by atomic mass is 19.1. The van der Waals surface area contributed by atoms with Crippen LogP contribution in [0.1, 0.15) is 39.6 Å².